The number of hydrogen-bond acceptors (Lipinski definition) is 5. The molecule has 1 heterocycles. The Hall–Kier alpha value is -2.44. The number of methoxy groups -OCH3 is 2. The second kappa shape index (κ2) is 9.48. The fourth-order valence-corrected chi connectivity index (χ4v) is 3.20. The van der Waals surface area contributed by atoms with Crippen molar-refractivity contribution in [3.05, 3.63) is 53.6 Å². The summed E-state index contributed by atoms with van der Waals surface area (Å²) in [6, 6.07) is 13.2. The molecule has 0 bridgehead atoms. The molecule has 0 saturated carbocycles. The number of nitrogens with zero attached hydrogens (tertiary/aromatic N) is 2. The van der Waals surface area contributed by atoms with Crippen LogP contribution >= 0.6 is 12.4 Å². The summed E-state index contributed by atoms with van der Waals surface area (Å²) in [5.41, 5.74) is 8.39. The minimum absolute atomic E-state index is 0. The number of rotatable bonds is 5. The van der Waals surface area contributed by atoms with E-state index in [1.165, 1.54) is 5.56 Å². The fourth-order valence-electron chi connectivity index (χ4n) is 3.20. The highest BCUT2D eigenvalue weighted by molar-refractivity contribution is 5.97. The van der Waals surface area contributed by atoms with Gasteiger partial charge in [-0.3, -0.25) is 9.69 Å². The molecule has 0 radical (unpaired) electrons. The fraction of sp³-hybridized carbons (Fsp3) is 0.350. The molecule has 0 aliphatic carbocycles. The molecule has 2 aromatic rings. The number of piperazine rings is 1. The van der Waals surface area contributed by atoms with Gasteiger partial charge in [-0.25, -0.2) is 0 Å². The molecule has 1 saturated heterocycles. The first-order chi connectivity index (χ1) is 12.6. The minimum atomic E-state index is -0.00638. The van der Waals surface area contributed by atoms with Crippen molar-refractivity contribution in [2.45, 2.75) is 6.54 Å². The average Bonchev–Trinajstić information content (AvgIpc) is 2.67. The first-order valence-electron chi connectivity index (χ1n) is 8.69. The van der Waals surface area contributed by atoms with Crippen LogP contribution in [-0.2, 0) is 6.54 Å². The van der Waals surface area contributed by atoms with Crippen molar-refractivity contribution in [3.63, 3.8) is 0 Å². The van der Waals surface area contributed by atoms with Gasteiger partial charge in [0.25, 0.3) is 5.91 Å². The van der Waals surface area contributed by atoms with E-state index in [1.807, 2.05) is 23.1 Å². The van der Waals surface area contributed by atoms with E-state index in [0.717, 1.165) is 25.3 Å². The van der Waals surface area contributed by atoms with Crippen LogP contribution in [0.1, 0.15) is 15.9 Å². The number of carbonyl (C=O) groups excluding carboxylic acids is 1. The molecule has 1 aliphatic rings. The summed E-state index contributed by atoms with van der Waals surface area (Å²) in [4.78, 5) is 17.1. The molecule has 27 heavy (non-hydrogen) atoms. The third-order valence-corrected chi connectivity index (χ3v) is 4.66. The van der Waals surface area contributed by atoms with Gasteiger partial charge in [0.05, 0.1) is 19.8 Å². The Morgan fingerprint density at radius 3 is 2.41 bits per heavy atom. The number of nitrogens with two attached hydrogens (primary N) is 1. The standard InChI is InChI=1S/C20H25N3O3.ClH/c1-25-17-6-7-18(19(13-17)26-2)20(24)23-10-8-22(9-11-23)14-15-4-3-5-16(21)12-15;/h3-7,12-13H,8-11,14,21H2,1-2H3;1H. The van der Waals surface area contributed by atoms with Crippen molar-refractivity contribution in [2.24, 2.45) is 0 Å². The summed E-state index contributed by atoms with van der Waals surface area (Å²) in [7, 11) is 3.16. The Morgan fingerprint density at radius 1 is 1.04 bits per heavy atom. The molecule has 2 aromatic carbocycles. The zero-order chi connectivity index (χ0) is 18.5. The van der Waals surface area contributed by atoms with Crippen molar-refractivity contribution < 1.29 is 14.3 Å². The number of halogens is 1. The largest absolute Gasteiger partial charge is 0.497 e. The van der Waals surface area contributed by atoms with E-state index in [0.29, 0.717) is 30.2 Å². The molecule has 1 fully saturated rings. The molecular weight excluding hydrogens is 366 g/mol. The highest BCUT2D eigenvalue weighted by Crippen LogP contribution is 2.26. The lowest BCUT2D eigenvalue weighted by Gasteiger charge is -2.35. The lowest BCUT2D eigenvalue weighted by atomic mass is 10.1. The second-order valence-corrected chi connectivity index (χ2v) is 6.38. The molecule has 2 N–H and O–H groups in total. The summed E-state index contributed by atoms with van der Waals surface area (Å²) in [5, 5.41) is 0. The number of hydrogen-bond donors (Lipinski definition) is 1. The van der Waals surface area contributed by atoms with E-state index in [2.05, 4.69) is 11.0 Å². The van der Waals surface area contributed by atoms with Crippen LogP contribution < -0.4 is 15.2 Å². The van der Waals surface area contributed by atoms with E-state index in [1.54, 1.807) is 32.4 Å². The Bertz CT molecular complexity index is 777. The summed E-state index contributed by atoms with van der Waals surface area (Å²) in [6.45, 7) is 3.89. The van der Waals surface area contributed by atoms with Gasteiger partial charge < -0.3 is 20.1 Å². The van der Waals surface area contributed by atoms with Crippen molar-refractivity contribution in [3.8, 4) is 11.5 Å². The van der Waals surface area contributed by atoms with Crippen LogP contribution in [0.25, 0.3) is 0 Å². The Morgan fingerprint density at radius 2 is 1.78 bits per heavy atom. The maximum Gasteiger partial charge on any atom is 0.257 e. The third-order valence-electron chi connectivity index (χ3n) is 4.66. The summed E-state index contributed by atoms with van der Waals surface area (Å²) in [6.07, 6.45) is 0. The van der Waals surface area contributed by atoms with Gasteiger partial charge in [-0.1, -0.05) is 12.1 Å². The van der Waals surface area contributed by atoms with E-state index in [4.69, 9.17) is 15.2 Å². The van der Waals surface area contributed by atoms with Gasteiger partial charge in [-0.15, -0.1) is 12.4 Å². The monoisotopic (exact) mass is 391 g/mol. The highest BCUT2D eigenvalue weighted by Gasteiger charge is 2.24. The van der Waals surface area contributed by atoms with Gasteiger partial charge in [0.1, 0.15) is 11.5 Å². The Balaban J connectivity index is 0.00000261. The summed E-state index contributed by atoms with van der Waals surface area (Å²) in [5.74, 6) is 1.20. The quantitative estimate of drug-likeness (QED) is 0.793. The van der Waals surface area contributed by atoms with Crippen LogP contribution in [0.2, 0.25) is 0 Å². The van der Waals surface area contributed by atoms with E-state index in [9.17, 15) is 4.79 Å². The first-order valence-corrected chi connectivity index (χ1v) is 8.69. The molecule has 6 nitrogen and oxygen atoms in total. The molecule has 3 rings (SSSR count). The number of nitrogen functional groups attached to an aromatic ring is 1. The maximum atomic E-state index is 12.9. The van der Waals surface area contributed by atoms with E-state index >= 15 is 0 Å². The zero-order valence-corrected chi connectivity index (χ0v) is 16.5. The van der Waals surface area contributed by atoms with Crippen LogP contribution in [0.4, 0.5) is 5.69 Å². The topological polar surface area (TPSA) is 68.0 Å². The number of carbonyl (C=O) groups is 1. The molecule has 0 aromatic heterocycles. The summed E-state index contributed by atoms with van der Waals surface area (Å²) < 4.78 is 10.6. The molecular formula is C20H26ClN3O3. The smallest absolute Gasteiger partial charge is 0.257 e. The lowest BCUT2D eigenvalue weighted by molar-refractivity contribution is 0.0625. The molecule has 1 aliphatic heterocycles. The van der Waals surface area contributed by atoms with Gasteiger partial charge in [-0.05, 0) is 29.8 Å². The average molecular weight is 392 g/mol. The molecule has 0 unspecified atom stereocenters. The highest BCUT2D eigenvalue weighted by atomic mass is 35.5. The number of amides is 1. The van der Waals surface area contributed by atoms with E-state index < -0.39 is 0 Å². The molecule has 1 amide bonds. The maximum absolute atomic E-state index is 12.9. The van der Waals surface area contributed by atoms with Crippen molar-refractivity contribution in [1.82, 2.24) is 9.80 Å². The van der Waals surface area contributed by atoms with Gasteiger partial charge in [0.2, 0.25) is 0 Å². The van der Waals surface area contributed by atoms with Crippen LogP contribution in [-0.4, -0.2) is 56.1 Å². The van der Waals surface area contributed by atoms with Gasteiger partial charge >= 0.3 is 0 Å². The predicted octanol–water partition coefficient (Wildman–Crippen LogP) is 2.67. The lowest BCUT2D eigenvalue weighted by Crippen LogP contribution is -2.48. The van der Waals surface area contributed by atoms with Crippen molar-refractivity contribution in [1.29, 1.82) is 0 Å². The van der Waals surface area contributed by atoms with Crippen molar-refractivity contribution in [2.75, 3.05) is 46.1 Å². The molecule has 0 atom stereocenters. The van der Waals surface area contributed by atoms with Crippen LogP contribution in [0.5, 0.6) is 11.5 Å². The van der Waals surface area contributed by atoms with Crippen LogP contribution in [0.15, 0.2) is 42.5 Å². The number of anilines is 1. The number of benzene rings is 2. The molecule has 0 spiro atoms. The van der Waals surface area contributed by atoms with Gasteiger partial charge in [0, 0.05) is 44.5 Å². The summed E-state index contributed by atoms with van der Waals surface area (Å²) >= 11 is 0. The molecule has 7 heteroatoms. The number of ether oxygens (including phenoxy) is 2. The van der Waals surface area contributed by atoms with Crippen molar-refractivity contribution >= 4 is 24.0 Å². The SMILES string of the molecule is COc1ccc(C(=O)N2CCN(Cc3cccc(N)c3)CC2)c(OC)c1.Cl. The molecule has 146 valence electrons. The Labute approximate surface area is 166 Å². The third kappa shape index (κ3) is 5.05. The van der Waals surface area contributed by atoms with Crippen LogP contribution in [0.3, 0.4) is 0 Å². The predicted molar refractivity (Wildman–Crippen MR) is 109 cm³/mol. The minimum Gasteiger partial charge on any atom is -0.497 e. The van der Waals surface area contributed by atoms with Crippen LogP contribution in [0, 0.1) is 0 Å². The zero-order valence-electron chi connectivity index (χ0n) is 15.7. The Kier molecular flexibility index (Phi) is 7.33. The van der Waals surface area contributed by atoms with Gasteiger partial charge in [-0.2, -0.15) is 0 Å². The second-order valence-electron chi connectivity index (χ2n) is 6.38. The normalized spacial score (nSPS) is 14.4. The van der Waals surface area contributed by atoms with Gasteiger partial charge in [0.15, 0.2) is 0 Å². The first kappa shape index (κ1) is 20.9. The van der Waals surface area contributed by atoms with E-state index in [-0.39, 0.29) is 18.3 Å².